The molecule has 2 heterocycles. The molecule has 0 atom stereocenters. The summed E-state index contributed by atoms with van der Waals surface area (Å²) in [5, 5.41) is 9.07. The van der Waals surface area contributed by atoms with Crippen LogP contribution >= 0.6 is 0 Å². The lowest BCUT2D eigenvalue weighted by Gasteiger charge is -2.29. The number of anilines is 1. The summed E-state index contributed by atoms with van der Waals surface area (Å²) in [6.07, 6.45) is 2.10. The largest absolute Gasteiger partial charge is 0.368 e. The molecular formula is C12H16N4. The average molecular weight is 216 g/mol. The molecule has 1 fully saturated rings. The molecule has 84 valence electrons. The van der Waals surface area contributed by atoms with Crippen LogP contribution in [0.1, 0.15) is 0 Å². The van der Waals surface area contributed by atoms with Crippen molar-refractivity contribution < 1.29 is 0 Å². The van der Waals surface area contributed by atoms with Crippen LogP contribution in [0.25, 0.3) is 10.9 Å². The zero-order valence-electron chi connectivity index (χ0n) is 9.48. The van der Waals surface area contributed by atoms with Gasteiger partial charge in [0.2, 0.25) is 0 Å². The Labute approximate surface area is 94.8 Å². The van der Waals surface area contributed by atoms with E-state index in [9.17, 15) is 0 Å². The SMILES string of the molecule is Cn1cc2c(N3CCNCC3)cccc2n1. The zero-order valence-corrected chi connectivity index (χ0v) is 9.48. The number of aryl methyl sites for hydroxylation is 1. The number of piperazine rings is 1. The molecule has 1 aromatic heterocycles. The Bertz CT molecular complexity index is 497. The van der Waals surface area contributed by atoms with Gasteiger partial charge in [-0.2, -0.15) is 5.10 Å². The maximum Gasteiger partial charge on any atom is 0.0944 e. The highest BCUT2D eigenvalue weighted by Crippen LogP contribution is 2.25. The molecule has 0 aliphatic carbocycles. The van der Waals surface area contributed by atoms with Crippen LogP contribution in [0.2, 0.25) is 0 Å². The molecule has 0 spiro atoms. The van der Waals surface area contributed by atoms with Crippen molar-refractivity contribution in [2.24, 2.45) is 7.05 Å². The minimum atomic E-state index is 1.07. The topological polar surface area (TPSA) is 33.1 Å². The molecule has 16 heavy (non-hydrogen) atoms. The molecule has 4 heteroatoms. The summed E-state index contributed by atoms with van der Waals surface area (Å²) in [5.74, 6) is 0. The van der Waals surface area contributed by atoms with Crippen LogP contribution in [0.15, 0.2) is 24.4 Å². The summed E-state index contributed by atoms with van der Waals surface area (Å²) in [7, 11) is 1.97. The van der Waals surface area contributed by atoms with Crippen molar-refractivity contribution in [3.05, 3.63) is 24.4 Å². The molecular weight excluding hydrogens is 200 g/mol. The summed E-state index contributed by atoms with van der Waals surface area (Å²) in [4.78, 5) is 2.43. The van der Waals surface area contributed by atoms with E-state index in [0.717, 1.165) is 31.7 Å². The van der Waals surface area contributed by atoms with Crippen molar-refractivity contribution in [1.29, 1.82) is 0 Å². The first kappa shape index (κ1) is 9.66. The Kier molecular flexibility index (Phi) is 2.29. The molecule has 1 aliphatic rings. The van der Waals surface area contributed by atoms with Crippen LogP contribution in [-0.2, 0) is 7.05 Å². The van der Waals surface area contributed by atoms with Gasteiger partial charge in [-0.1, -0.05) is 6.07 Å². The smallest absolute Gasteiger partial charge is 0.0944 e. The predicted octanol–water partition coefficient (Wildman–Crippen LogP) is 0.983. The average Bonchev–Trinajstić information content (AvgIpc) is 2.70. The molecule has 1 saturated heterocycles. The van der Waals surface area contributed by atoms with E-state index in [0.29, 0.717) is 0 Å². The number of fused-ring (bicyclic) bond motifs is 1. The third kappa shape index (κ3) is 1.55. The molecule has 0 bridgehead atoms. The van der Waals surface area contributed by atoms with Gasteiger partial charge in [-0.05, 0) is 12.1 Å². The molecule has 2 aromatic rings. The number of rotatable bonds is 1. The monoisotopic (exact) mass is 216 g/mol. The third-order valence-corrected chi connectivity index (χ3v) is 3.10. The van der Waals surface area contributed by atoms with Crippen molar-refractivity contribution >= 4 is 16.6 Å². The zero-order chi connectivity index (χ0) is 11.0. The van der Waals surface area contributed by atoms with Crippen molar-refractivity contribution in [3.8, 4) is 0 Å². The fraction of sp³-hybridized carbons (Fsp3) is 0.417. The first-order valence-corrected chi connectivity index (χ1v) is 5.72. The molecule has 1 aliphatic heterocycles. The lowest BCUT2D eigenvalue weighted by Crippen LogP contribution is -2.43. The number of hydrogen-bond acceptors (Lipinski definition) is 3. The number of aromatic nitrogens is 2. The minimum Gasteiger partial charge on any atom is -0.368 e. The Balaban J connectivity index is 2.07. The first-order valence-electron chi connectivity index (χ1n) is 5.72. The molecule has 1 N–H and O–H groups in total. The van der Waals surface area contributed by atoms with Crippen molar-refractivity contribution in [3.63, 3.8) is 0 Å². The Hall–Kier alpha value is -1.55. The molecule has 1 aromatic carbocycles. The second kappa shape index (κ2) is 3.79. The first-order chi connectivity index (χ1) is 7.84. The Morgan fingerprint density at radius 3 is 2.88 bits per heavy atom. The molecule has 0 saturated carbocycles. The summed E-state index contributed by atoms with van der Waals surface area (Å²) in [6.45, 7) is 4.29. The normalized spacial score (nSPS) is 16.9. The second-order valence-corrected chi connectivity index (χ2v) is 4.25. The van der Waals surface area contributed by atoms with Gasteiger partial charge in [0.05, 0.1) is 5.52 Å². The van der Waals surface area contributed by atoms with Crippen LogP contribution in [0.4, 0.5) is 5.69 Å². The summed E-state index contributed by atoms with van der Waals surface area (Å²) >= 11 is 0. The number of nitrogens with one attached hydrogen (secondary N) is 1. The van der Waals surface area contributed by atoms with Crippen LogP contribution in [0.3, 0.4) is 0 Å². The van der Waals surface area contributed by atoms with Crippen molar-refractivity contribution in [2.75, 3.05) is 31.1 Å². The van der Waals surface area contributed by atoms with Gasteiger partial charge < -0.3 is 10.2 Å². The van der Waals surface area contributed by atoms with E-state index < -0.39 is 0 Å². The van der Waals surface area contributed by atoms with Gasteiger partial charge >= 0.3 is 0 Å². The second-order valence-electron chi connectivity index (χ2n) is 4.25. The lowest BCUT2D eigenvalue weighted by molar-refractivity contribution is 0.590. The maximum atomic E-state index is 4.44. The van der Waals surface area contributed by atoms with Crippen LogP contribution < -0.4 is 10.2 Å². The van der Waals surface area contributed by atoms with Gasteiger partial charge in [0.1, 0.15) is 0 Å². The molecule has 0 radical (unpaired) electrons. The highest BCUT2D eigenvalue weighted by atomic mass is 15.3. The standard InChI is InChI=1S/C12H16N4/c1-15-9-10-11(14-15)3-2-4-12(10)16-7-5-13-6-8-16/h2-4,9,13H,5-8H2,1H3. The van der Waals surface area contributed by atoms with Gasteiger partial charge in [-0.3, -0.25) is 4.68 Å². The fourth-order valence-electron chi connectivity index (χ4n) is 2.33. The van der Waals surface area contributed by atoms with Gasteiger partial charge in [-0.15, -0.1) is 0 Å². The molecule has 0 unspecified atom stereocenters. The molecule has 4 nitrogen and oxygen atoms in total. The van der Waals surface area contributed by atoms with E-state index in [4.69, 9.17) is 0 Å². The Morgan fingerprint density at radius 2 is 2.06 bits per heavy atom. The van der Waals surface area contributed by atoms with Crippen molar-refractivity contribution in [2.45, 2.75) is 0 Å². The van der Waals surface area contributed by atoms with E-state index >= 15 is 0 Å². The maximum absolute atomic E-state index is 4.44. The third-order valence-electron chi connectivity index (χ3n) is 3.10. The van der Waals surface area contributed by atoms with E-state index in [2.05, 4.69) is 39.7 Å². The quantitative estimate of drug-likeness (QED) is 0.771. The number of benzene rings is 1. The van der Waals surface area contributed by atoms with Gasteiger partial charge in [0.15, 0.2) is 0 Å². The van der Waals surface area contributed by atoms with Gasteiger partial charge in [0.25, 0.3) is 0 Å². The van der Waals surface area contributed by atoms with E-state index in [1.54, 1.807) is 0 Å². The predicted molar refractivity (Wildman–Crippen MR) is 65.8 cm³/mol. The molecule has 0 amide bonds. The van der Waals surface area contributed by atoms with Crippen LogP contribution in [0, 0.1) is 0 Å². The lowest BCUT2D eigenvalue weighted by atomic mass is 10.2. The van der Waals surface area contributed by atoms with E-state index in [-0.39, 0.29) is 0 Å². The highest BCUT2D eigenvalue weighted by molar-refractivity contribution is 5.91. The van der Waals surface area contributed by atoms with E-state index in [1.807, 2.05) is 11.7 Å². The highest BCUT2D eigenvalue weighted by Gasteiger charge is 2.13. The minimum absolute atomic E-state index is 1.07. The fourth-order valence-corrected chi connectivity index (χ4v) is 2.33. The van der Waals surface area contributed by atoms with Gasteiger partial charge in [-0.25, -0.2) is 0 Å². The Morgan fingerprint density at radius 1 is 1.25 bits per heavy atom. The summed E-state index contributed by atoms with van der Waals surface area (Å²) in [6, 6.07) is 6.35. The van der Waals surface area contributed by atoms with Gasteiger partial charge in [0, 0.05) is 50.5 Å². The van der Waals surface area contributed by atoms with Crippen LogP contribution in [0.5, 0.6) is 0 Å². The molecule has 3 rings (SSSR count). The van der Waals surface area contributed by atoms with E-state index in [1.165, 1.54) is 11.1 Å². The summed E-state index contributed by atoms with van der Waals surface area (Å²) in [5.41, 5.74) is 2.39. The number of nitrogens with zero attached hydrogens (tertiary/aromatic N) is 3. The summed E-state index contributed by atoms with van der Waals surface area (Å²) < 4.78 is 1.89. The van der Waals surface area contributed by atoms with Crippen LogP contribution in [-0.4, -0.2) is 36.0 Å². The number of hydrogen-bond donors (Lipinski definition) is 1. The van der Waals surface area contributed by atoms with Crippen molar-refractivity contribution in [1.82, 2.24) is 15.1 Å².